The molecule has 0 amide bonds. The van der Waals surface area contributed by atoms with Crippen molar-refractivity contribution < 1.29 is 0 Å². The molecular weight excluding hydrogens is 250 g/mol. The molecule has 0 spiro atoms. The Labute approximate surface area is 114 Å². The van der Waals surface area contributed by atoms with E-state index in [2.05, 4.69) is 44.3 Å². The van der Waals surface area contributed by atoms with Crippen LogP contribution in [0, 0.1) is 0 Å². The van der Waals surface area contributed by atoms with E-state index in [1.807, 2.05) is 11.8 Å². The SMILES string of the molecule is CCCNC(C)c1ccc(SCCC)cc1Cl. The van der Waals surface area contributed by atoms with Crippen LogP contribution in [0.5, 0.6) is 0 Å². The first-order valence-corrected chi connectivity index (χ1v) is 7.71. The van der Waals surface area contributed by atoms with Gasteiger partial charge in [-0.1, -0.05) is 31.5 Å². The van der Waals surface area contributed by atoms with Gasteiger partial charge in [0, 0.05) is 16.0 Å². The molecule has 0 saturated carbocycles. The van der Waals surface area contributed by atoms with Crippen LogP contribution in [0.4, 0.5) is 0 Å². The van der Waals surface area contributed by atoms with E-state index in [4.69, 9.17) is 11.6 Å². The van der Waals surface area contributed by atoms with Gasteiger partial charge in [0.25, 0.3) is 0 Å². The second-order valence-electron chi connectivity index (χ2n) is 4.21. The summed E-state index contributed by atoms with van der Waals surface area (Å²) in [6, 6.07) is 6.73. The Bertz CT molecular complexity index is 341. The predicted molar refractivity (Wildman–Crippen MR) is 79.2 cm³/mol. The van der Waals surface area contributed by atoms with Crippen LogP contribution in [-0.4, -0.2) is 12.3 Å². The van der Waals surface area contributed by atoms with Gasteiger partial charge in [0.1, 0.15) is 0 Å². The van der Waals surface area contributed by atoms with E-state index in [1.54, 1.807) is 0 Å². The lowest BCUT2D eigenvalue weighted by Gasteiger charge is -2.15. The van der Waals surface area contributed by atoms with Crippen LogP contribution < -0.4 is 5.32 Å². The third kappa shape index (κ3) is 4.90. The first kappa shape index (κ1) is 14.9. The molecular formula is C14H22ClNS. The van der Waals surface area contributed by atoms with Gasteiger partial charge in [-0.05, 0) is 49.8 Å². The van der Waals surface area contributed by atoms with E-state index in [9.17, 15) is 0 Å². The number of halogens is 1. The van der Waals surface area contributed by atoms with E-state index >= 15 is 0 Å². The van der Waals surface area contributed by atoms with E-state index < -0.39 is 0 Å². The zero-order valence-corrected chi connectivity index (χ0v) is 12.5. The maximum atomic E-state index is 6.33. The van der Waals surface area contributed by atoms with E-state index in [-0.39, 0.29) is 0 Å². The first-order chi connectivity index (χ1) is 8.19. The molecule has 3 heteroatoms. The van der Waals surface area contributed by atoms with Crippen LogP contribution in [0.15, 0.2) is 23.1 Å². The third-order valence-electron chi connectivity index (χ3n) is 2.61. The van der Waals surface area contributed by atoms with Crippen LogP contribution in [0.25, 0.3) is 0 Å². The van der Waals surface area contributed by atoms with Crippen molar-refractivity contribution in [2.45, 2.75) is 44.6 Å². The fraction of sp³-hybridized carbons (Fsp3) is 0.571. The van der Waals surface area contributed by atoms with Crippen LogP contribution in [-0.2, 0) is 0 Å². The van der Waals surface area contributed by atoms with Gasteiger partial charge in [0.2, 0.25) is 0 Å². The summed E-state index contributed by atoms with van der Waals surface area (Å²) in [6.45, 7) is 7.56. The summed E-state index contributed by atoms with van der Waals surface area (Å²) < 4.78 is 0. The highest BCUT2D eigenvalue weighted by Gasteiger charge is 2.09. The maximum Gasteiger partial charge on any atom is 0.0464 e. The van der Waals surface area contributed by atoms with Gasteiger partial charge in [-0.15, -0.1) is 11.8 Å². The molecule has 17 heavy (non-hydrogen) atoms. The highest BCUT2D eigenvalue weighted by Crippen LogP contribution is 2.28. The molecule has 1 aromatic rings. The number of hydrogen-bond acceptors (Lipinski definition) is 2. The summed E-state index contributed by atoms with van der Waals surface area (Å²) in [5, 5.41) is 4.34. The Balaban J connectivity index is 2.68. The lowest BCUT2D eigenvalue weighted by Crippen LogP contribution is -2.19. The predicted octanol–water partition coefficient (Wildman–Crippen LogP) is 4.90. The Morgan fingerprint density at radius 3 is 2.65 bits per heavy atom. The van der Waals surface area contributed by atoms with Crippen molar-refractivity contribution >= 4 is 23.4 Å². The normalized spacial score (nSPS) is 12.7. The Kier molecular flexibility index (Phi) is 7.02. The zero-order valence-electron chi connectivity index (χ0n) is 10.9. The molecule has 0 heterocycles. The number of thioether (sulfide) groups is 1. The molecule has 0 fully saturated rings. The quantitative estimate of drug-likeness (QED) is 0.708. The Hall–Kier alpha value is -0.180. The van der Waals surface area contributed by atoms with Gasteiger partial charge in [0.05, 0.1) is 0 Å². The highest BCUT2D eigenvalue weighted by molar-refractivity contribution is 7.99. The summed E-state index contributed by atoms with van der Waals surface area (Å²) in [7, 11) is 0. The van der Waals surface area contributed by atoms with Crippen LogP contribution in [0.2, 0.25) is 5.02 Å². The maximum absolute atomic E-state index is 6.33. The molecule has 0 aliphatic rings. The lowest BCUT2D eigenvalue weighted by atomic mass is 10.1. The van der Waals surface area contributed by atoms with Crippen molar-refractivity contribution in [2.24, 2.45) is 0 Å². The largest absolute Gasteiger partial charge is 0.310 e. The van der Waals surface area contributed by atoms with Crippen molar-refractivity contribution in [1.82, 2.24) is 5.32 Å². The molecule has 0 bridgehead atoms. The van der Waals surface area contributed by atoms with E-state index in [0.29, 0.717) is 6.04 Å². The molecule has 1 N–H and O–H groups in total. The Morgan fingerprint density at radius 1 is 1.29 bits per heavy atom. The van der Waals surface area contributed by atoms with Gasteiger partial charge >= 0.3 is 0 Å². The van der Waals surface area contributed by atoms with Crippen LogP contribution >= 0.6 is 23.4 Å². The molecule has 1 atom stereocenters. The molecule has 0 aliphatic carbocycles. The summed E-state index contributed by atoms with van der Waals surface area (Å²) >= 11 is 8.20. The minimum Gasteiger partial charge on any atom is -0.310 e. The van der Waals surface area contributed by atoms with Crippen molar-refractivity contribution in [3.05, 3.63) is 28.8 Å². The third-order valence-corrected chi connectivity index (χ3v) is 4.14. The fourth-order valence-electron chi connectivity index (χ4n) is 1.64. The van der Waals surface area contributed by atoms with Gasteiger partial charge < -0.3 is 5.32 Å². The van der Waals surface area contributed by atoms with Crippen molar-refractivity contribution in [1.29, 1.82) is 0 Å². The van der Waals surface area contributed by atoms with Gasteiger partial charge in [-0.3, -0.25) is 0 Å². The molecule has 1 unspecified atom stereocenters. The summed E-state index contributed by atoms with van der Waals surface area (Å²) in [6.07, 6.45) is 2.34. The Morgan fingerprint density at radius 2 is 2.06 bits per heavy atom. The molecule has 1 aromatic carbocycles. The number of nitrogens with one attached hydrogen (secondary N) is 1. The highest BCUT2D eigenvalue weighted by atomic mass is 35.5. The van der Waals surface area contributed by atoms with Gasteiger partial charge in [-0.2, -0.15) is 0 Å². The molecule has 0 aliphatic heterocycles. The summed E-state index contributed by atoms with van der Waals surface area (Å²) in [4.78, 5) is 1.27. The number of rotatable bonds is 7. The monoisotopic (exact) mass is 271 g/mol. The van der Waals surface area contributed by atoms with Gasteiger partial charge in [0.15, 0.2) is 0 Å². The minimum absolute atomic E-state index is 0.327. The second kappa shape index (κ2) is 8.02. The zero-order chi connectivity index (χ0) is 12.7. The first-order valence-electron chi connectivity index (χ1n) is 6.34. The van der Waals surface area contributed by atoms with E-state index in [1.165, 1.54) is 16.9 Å². The summed E-state index contributed by atoms with van der Waals surface area (Å²) in [5.74, 6) is 1.15. The second-order valence-corrected chi connectivity index (χ2v) is 5.78. The molecule has 0 saturated heterocycles. The smallest absolute Gasteiger partial charge is 0.0464 e. The van der Waals surface area contributed by atoms with Crippen molar-refractivity contribution in [2.75, 3.05) is 12.3 Å². The standard InChI is InChI=1S/C14H22ClNS/c1-4-8-16-11(3)13-7-6-12(10-14(13)15)17-9-5-2/h6-7,10-11,16H,4-5,8-9H2,1-3H3. The lowest BCUT2D eigenvalue weighted by molar-refractivity contribution is 0.570. The number of benzene rings is 1. The van der Waals surface area contributed by atoms with E-state index in [0.717, 1.165) is 23.7 Å². The van der Waals surface area contributed by atoms with Crippen molar-refractivity contribution in [3.8, 4) is 0 Å². The van der Waals surface area contributed by atoms with Crippen LogP contribution in [0.3, 0.4) is 0 Å². The molecule has 0 aromatic heterocycles. The average molecular weight is 272 g/mol. The summed E-state index contributed by atoms with van der Waals surface area (Å²) in [5.41, 5.74) is 1.20. The molecule has 1 nitrogen and oxygen atoms in total. The molecule has 96 valence electrons. The van der Waals surface area contributed by atoms with Gasteiger partial charge in [-0.25, -0.2) is 0 Å². The minimum atomic E-state index is 0.327. The van der Waals surface area contributed by atoms with Crippen molar-refractivity contribution in [3.63, 3.8) is 0 Å². The fourth-order valence-corrected chi connectivity index (χ4v) is 2.85. The van der Waals surface area contributed by atoms with Crippen LogP contribution in [0.1, 0.15) is 45.2 Å². The molecule has 1 rings (SSSR count). The average Bonchev–Trinajstić information content (AvgIpc) is 2.33. The number of hydrogen-bond donors (Lipinski definition) is 1. The topological polar surface area (TPSA) is 12.0 Å². The molecule has 0 radical (unpaired) electrons.